The number of benzene rings is 1. The van der Waals surface area contributed by atoms with Crippen molar-refractivity contribution in [2.45, 2.75) is 0 Å². The maximum Gasteiger partial charge on any atom is 0.139 e. The zero-order valence-electron chi connectivity index (χ0n) is 5.31. The normalized spacial score (nSPS) is 9.18. The summed E-state index contributed by atoms with van der Waals surface area (Å²) in [6.07, 6.45) is 0. The Bertz CT molecular complexity index is 332. The third-order valence-corrected chi connectivity index (χ3v) is 1.96. The molecule has 0 aliphatic carbocycles. The van der Waals surface area contributed by atoms with Crippen LogP contribution in [0.25, 0.3) is 0 Å². The molecular weight excluding hydrogens is 213 g/mol. The molecule has 0 saturated carbocycles. The molecule has 2 nitrogen and oxygen atoms in total. The molecule has 0 aromatic heterocycles. The summed E-state index contributed by atoms with van der Waals surface area (Å²) in [4.78, 5) is 0. The molecule has 0 aliphatic rings. The first-order valence-corrected chi connectivity index (χ1v) is 3.53. The van der Waals surface area contributed by atoms with Gasteiger partial charge in [-0.05, 0) is 28.1 Å². The van der Waals surface area contributed by atoms with Crippen molar-refractivity contribution in [2.24, 2.45) is 0 Å². The molecule has 0 fully saturated rings. The molecule has 1 aromatic rings. The molecule has 0 aliphatic heterocycles. The van der Waals surface area contributed by atoms with Crippen LogP contribution in [-0.2, 0) is 0 Å². The summed E-state index contributed by atoms with van der Waals surface area (Å²) in [6.45, 7) is 0. The summed E-state index contributed by atoms with van der Waals surface area (Å²) >= 11 is 2.83. The first kappa shape index (κ1) is 8.02. The predicted octanol–water partition coefficient (Wildman–Crippen LogP) is 2.17. The molecular formula is C7H3BrFNO. The average molecular weight is 216 g/mol. The van der Waals surface area contributed by atoms with Crippen LogP contribution in [0.3, 0.4) is 0 Å². The maximum atomic E-state index is 12.6. The fourth-order valence-electron chi connectivity index (χ4n) is 0.647. The second kappa shape index (κ2) is 2.89. The zero-order valence-corrected chi connectivity index (χ0v) is 6.89. The number of phenolic OH excluding ortho intramolecular Hbond substituents is 1. The molecule has 0 unspecified atom stereocenters. The molecule has 0 bridgehead atoms. The van der Waals surface area contributed by atoms with E-state index in [0.29, 0.717) is 0 Å². The van der Waals surface area contributed by atoms with Gasteiger partial charge in [-0.3, -0.25) is 0 Å². The minimum Gasteiger partial charge on any atom is -0.507 e. The Labute approximate surface area is 71.0 Å². The van der Waals surface area contributed by atoms with E-state index in [1.165, 1.54) is 0 Å². The van der Waals surface area contributed by atoms with E-state index in [9.17, 15) is 4.39 Å². The van der Waals surface area contributed by atoms with Crippen LogP contribution in [0.1, 0.15) is 5.56 Å². The van der Waals surface area contributed by atoms with Crippen LogP contribution in [0.4, 0.5) is 4.39 Å². The number of aromatic hydroxyl groups is 1. The zero-order chi connectivity index (χ0) is 8.43. The highest BCUT2D eigenvalue weighted by Gasteiger charge is 2.09. The van der Waals surface area contributed by atoms with Crippen molar-refractivity contribution in [1.29, 1.82) is 5.26 Å². The van der Waals surface area contributed by atoms with Crippen molar-refractivity contribution in [3.05, 3.63) is 28.0 Å². The minimum atomic E-state index is -0.556. The van der Waals surface area contributed by atoms with E-state index >= 15 is 0 Å². The van der Waals surface area contributed by atoms with Gasteiger partial charge >= 0.3 is 0 Å². The quantitative estimate of drug-likeness (QED) is 0.722. The van der Waals surface area contributed by atoms with Crippen molar-refractivity contribution >= 4 is 15.9 Å². The maximum absolute atomic E-state index is 12.6. The largest absolute Gasteiger partial charge is 0.507 e. The number of nitriles is 1. The van der Waals surface area contributed by atoms with E-state index in [2.05, 4.69) is 15.9 Å². The van der Waals surface area contributed by atoms with E-state index in [4.69, 9.17) is 10.4 Å². The summed E-state index contributed by atoms with van der Waals surface area (Å²) in [5.74, 6) is -0.778. The molecule has 0 saturated heterocycles. The molecule has 0 heterocycles. The van der Waals surface area contributed by atoms with Gasteiger partial charge in [-0.2, -0.15) is 5.26 Å². The van der Waals surface area contributed by atoms with Gasteiger partial charge in [-0.25, -0.2) is 4.39 Å². The second-order valence-corrected chi connectivity index (χ2v) is 2.66. The van der Waals surface area contributed by atoms with E-state index in [0.717, 1.165) is 12.1 Å². The van der Waals surface area contributed by atoms with Gasteiger partial charge < -0.3 is 5.11 Å². The third kappa shape index (κ3) is 1.33. The number of hydrogen-bond donors (Lipinski definition) is 1. The van der Waals surface area contributed by atoms with E-state index in [-0.39, 0.29) is 15.8 Å². The summed E-state index contributed by atoms with van der Waals surface area (Å²) in [7, 11) is 0. The Morgan fingerprint density at radius 2 is 2.18 bits per heavy atom. The Morgan fingerprint density at radius 3 is 2.64 bits per heavy atom. The van der Waals surface area contributed by atoms with Crippen molar-refractivity contribution < 1.29 is 9.50 Å². The van der Waals surface area contributed by atoms with Crippen LogP contribution in [0.15, 0.2) is 16.6 Å². The lowest BCUT2D eigenvalue weighted by Crippen LogP contribution is -1.83. The van der Waals surface area contributed by atoms with Gasteiger partial charge in [0.05, 0.1) is 4.47 Å². The number of nitrogens with zero attached hydrogens (tertiary/aromatic N) is 1. The molecule has 4 heteroatoms. The topological polar surface area (TPSA) is 44.0 Å². The summed E-state index contributed by atoms with van der Waals surface area (Å²) in [5, 5.41) is 17.4. The molecule has 1 N–H and O–H groups in total. The van der Waals surface area contributed by atoms with Gasteiger partial charge in [0, 0.05) is 0 Å². The lowest BCUT2D eigenvalue weighted by Gasteiger charge is -1.98. The van der Waals surface area contributed by atoms with Crippen LogP contribution in [-0.4, -0.2) is 5.11 Å². The van der Waals surface area contributed by atoms with Crippen LogP contribution in [0.5, 0.6) is 5.75 Å². The monoisotopic (exact) mass is 215 g/mol. The fourth-order valence-corrected chi connectivity index (χ4v) is 1.07. The van der Waals surface area contributed by atoms with Crippen LogP contribution >= 0.6 is 15.9 Å². The Balaban J connectivity index is 3.44. The molecule has 11 heavy (non-hydrogen) atoms. The molecule has 1 rings (SSSR count). The SMILES string of the molecule is N#Cc1c(O)ccc(F)c1Br. The smallest absolute Gasteiger partial charge is 0.139 e. The second-order valence-electron chi connectivity index (χ2n) is 1.87. The van der Waals surface area contributed by atoms with Crippen molar-refractivity contribution in [1.82, 2.24) is 0 Å². The number of phenols is 1. The van der Waals surface area contributed by atoms with Crippen LogP contribution in [0, 0.1) is 17.1 Å². The number of hydrogen-bond acceptors (Lipinski definition) is 2. The Kier molecular flexibility index (Phi) is 2.11. The highest BCUT2D eigenvalue weighted by molar-refractivity contribution is 9.10. The summed E-state index contributed by atoms with van der Waals surface area (Å²) in [6, 6.07) is 3.89. The molecule has 1 aromatic carbocycles. The highest BCUT2D eigenvalue weighted by Crippen LogP contribution is 2.27. The molecule has 0 amide bonds. The standard InChI is InChI=1S/C7H3BrFNO/c8-7-4(3-10)6(11)2-1-5(7)9/h1-2,11H. The fraction of sp³-hybridized carbons (Fsp3) is 0. The number of rotatable bonds is 0. The predicted molar refractivity (Wildman–Crippen MR) is 40.5 cm³/mol. The minimum absolute atomic E-state index is 0. The van der Waals surface area contributed by atoms with Gasteiger partial charge in [-0.1, -0.05) is 0 Å². The van der Waals surface area contributed by atoms with Crippen LogP contribution < -0.4 is 0 Å². The molecule has 0 radical (unpaired) electrons. The van der Waals surface area contributed by atoms with Gasteiger partial charge in [0.25, 0.3) is 0 Å². The molecule has 0 spiro atoms. The van der Waals surface area contributed by atoms with E-state index in [1.807, 2.05) is 0 Å². The lowest BCUT2D eigenvalue weighted by atomic mass is 10.2. The molecule has 0 atom stereocenters. The number of halogens is 2. The van der Waals surface area contributed by atoms with Crippen LogP contribution in [0.2, 0.25) is 0 Å². The van der Waals surface area contributed by atoms with Gasteiger partial charge in [0.1, 0.15) is 23.2 Å². The van der Waals surface area contributed by atoms with Gasteiger partial charge in [0.2, 0.25) is 0 Å². The first-order valence-electron chi connectivity index (χ1n) is 2.74. The Hall–Kier alpha value is -1.08. The van der Waals surface area contributed by atoms with E-state index in [1.54, 1.807) is 6.07 Å². The van der Waals surface area contributed by atoms with E-state index < -0.39 is 5.82 Å². The third-order valence-electron chi connectivity index (χ3n) is 1.18. The summed E-state index contributed by atoms with van der Waals surface area (Å²) < 4.78 is 12.6. The Morgan fingerprint density at radius 1 is 1.55 bits per heavy atom. The summed E-state index contributed by atoms with van der Waals surface area (Å²) in [5.41, 5.74) is -0.0787. The highest BCUT2D eigenvalue weighted by atomic mass is 79.9. The van der Waals surface area contributed by atoms with Gasteiger partial charge in [0.15, 0.2) is 0 Å². The first-order chi connectivity index (χ1) is 5.16. The van der Waals surface area contributed by atoms with Crippen molar-refractivity contribution in [3.63, 3.8) is 0 Å². The average Bonchev–Trinajstić information content (AvgIpc) is 1.99. The van der Waals surface area contributed by atoms with Crippen molar-refractivity contribution in [3.8, 4) is 11.8 Å². The van der Waals surface area contributed by atoms with Gasteiger partial charge in [-0.15, -0.1) is 0 Å². The van der Waals surface area contributed by atoms with Crippen molar-refractivity contribution in [2.75, 3.05) is 0 Å². The lowest BCUT2D eigenvalue weighted by molar-refractivity contribution is 0.470. The molecule has 56 valence electrons.